The van der Waals surface area contributed by atoms with Crippen molar-refractivity contribution in [3.05, 3.63) is 0 Å². The van der Waals surface area contributed by atoms with Gasteiger partial charge >= 0.3 is 68.5 Å². The number of rotatable bonds is 0. The van der Waals surface area contributed by atoms with Crippen LogP contribution in [0.1, 0.15) is 0 Å². The van der Waals surface area contributed by atoms with E-state index in [0.29, 0.717) is 0 Å². The van der Waals surface area contributed by atoms with Gasteiger partial charge in [-0.15, -0.1) is 0 Å². The van der Waals surface area contributed by atoms with E-state index in [2.05, 4.69) is 0 Å². The molecule has 0 spiro atoms. The molecule has 0 amide bonds. The Hall–Kier alpha value is 2.21. The van der Waals surface area contributed by atoms with Crippen molar-refractivity contribution >= 4 is 0 Å². The van der Waals surface area contributed by atoms with Gasteiger partial charge in [0.2, 0.25) is 0 Å². The van der Waals surface area contributed by atoms with E-state index in [1.807, 2.05) is 0 Å². The van der Waals surface area contributed by atoms with Gasteiger partial charge in [0.05, 0.1) is 0 Å². The van der Waals surface area contributed by atoms with Crippen LogP contribution in [-0.4, -0.2) is 32.9 Å². The third-order valence-corrected chi connectivity index (χ3v) is 0. The van der Waals surface area contributed by atoms with E-state index in [-0.39, 0.29) is 114 Å². The summed E-state index contributed by atoms with van der Waals surface area (Å²) < 4.78 is 0. The quantitative estimate of drug-likeness (QED) is 0.362. The number of hydrogen-bond acceptors (Lipinski definition) is 0. The second-order valence-corrected chi connectivity index (χ2v) is 0. The molecule has 0 saturated carbocycles. The maximum Gasteiger partial charge on any atom is 2.00 e. The molecule has 0 aromatic heterocycles. The van der Waals surface area contributed by atoms with Crippen LogP contribution in [0.15, 0.2) is 0 Å². The fourth-order valence-electron chi connectivity index (χ4n) is 0. The molecule has 0 aliphatic carbocycles. The molecule has 9 heteroatoms. The van der Waals surface area contributed by atoms with E-state index < -0.39 is 0 Å². The van der Waals surface area contributed by atoms with Gasteiger partial charge < -0.3 is 45.3 Å². The smallest absolute Gasteiger partial charge is 1.00 e. The Kier molecular flexibility index (Phi) is 4740. The molecule has 0 aromatic carbocycles. The summed E-state index contributed by atoms with van der Waals surface area (Å²) in [5.41, 5.74) is 0. The van der Waals surface area contributed by atoms with Gasteiger partial charge in [-0.1, -0.05) is 0 Å². The van der Waals surface area contributed by atoms with E-state index in [4.69, 9.17) is 0 Å². The number of hydrogen-bond donors (Lipinski definition) is 0. The van der Waals surface area contributed by atoms with Gasteiger partial charge in [0.15, 0.2) is 0 Å². The average Bonchev–Trinajstić information content (AvgIpc) is 0. The molecule has 0 aliphatic heterocycles. The Bertz CT molecular complexity index is 13.0. The summed E-state index contributed by atoms with van der Waals surface area (Å²) in [4.78, 5) is 0. The van der Waals surface area contributed by atoms with Crippen LogP contribution in [-0.2, 0) is 17.1 Å². The molecule has 1 radical (unpaired) electrons. The molecule has 6 nitrogen and oxygen atoms in total. The molecule has 0 bridgehead atoms. The molecule has 0 saturated heterocycles. The van der Waals surface area contributed by atoms with Crippen LogP contribution >= 0.6 is 0 Å². The van der Waals surface area contributed by atoms with Crippen molar-refractivity contribution in [2.75, 3.05) is 0 Å². The average molecular weight is 238 g/mol. The van der Waals surface area contributed by atoms with Crippen molar-refractivity contribution < 1.29 is 114 Å². The Labute approximate surface area is 112 Å². The van der Waals surface area contributed by atoms with Crippen LogP contribution in [0.3, 0.4) is 0 Å². The summed E-state index contributed by atoms with van der Waals surface area (Å²) in [5, 5.41) is 0. The van der Waals surface area contributed by atoms with Crippen LogP contribution in [0, 0.1) is 0 Å². The van der Waals surface area contributed by atoms with Gasteiger partial charge in [0.25, 0.3) is 0 Å². The Morgan fingerprint density at radius 1 is 0.444 bits per heavy atom. The van der Waals surface area contributed by atoms with E-state index >= 15 is 0 Å². The summed E-state index contributed by atoms with van der Waals surface area (Å²) in [6.07, 6.45) is 0. The van der Waals surface area contributed by atoms with Gasteiger partial charge in [0.1, 0.15) is 0 Å². The maximum absolute atomic E-state index is 0. The molecule has 12 N–H and O–H groups in total. The van der Waals surface area contributed by atoms with Gasteiger partial charge in [0, 0.05) is 0 Å². The van der Waals surface area contributed by atoms with Crippen LogP contribution in [0.5, 0.6) is 0 Å². The van der Waals surface area contributed by atoms with Gasteiger partial charge in [-0.3, -0.25) is 0 Å². The van der Waals surface area contributed by atoms with Crippen LogP contribution in [0.2, 0.25) is 0 Å². The zero-order valence-corrected chi connectivity index (χ0v) is 9.82. The molecule has 0 aromatic rings. The topological polar surface area (TPSA) is 189 Å². The summed E-state index contributed by atoms with van der Waals surface area (Å²) in [6, 6.07) is 0. The van der Waals surface area contributed by atoms with Crippen molar-refractivity contribution in [2.45, 2.75) is 0 Å². The molecular weight excluding hydrogens is 225 g/mol. The predicted octanol–water partition coefficient (Wildman–Crippen LogP) is -10.9. The van der Waals surface area contributed by atoms with Gasteiger partial charge in [-0.2, -0.15) is 0 Å². The van der Waals surface area contributed by atoms with Crippen molar-refractivity contribution in [3.8, 4) is 0 Å². The minimum absolute atomic E-state index is 0. The fraction of sp³-hybridized carbons (Fsp3) is 0. The third-order valence-electron chi connectivity index (χ3n) is 0. The maximum atomic E-state index is 0. The van der Waals surface area contributed by atoms with Crippen molar-refractivity contribution in [3.63, 3.8) is 0 Å². The first kappa shape index (κ1) is 240. The Morgan fingerprint density at radius 3 is 0.444 bits per heavy atom. The monoisotopic (exact) mass is 237 g/mol. The third kappa shape index (κ3) is 141. The minimum atomic E-state index is 0. The second kappa shape index (κ2) is 178. The van der Waals surface area contributed by atoms with E-state index in [1.165, 1.54) is 0 Å². The first-order valence-electron chi connectivity index (χ1n) is 0. The zero-order valence-electron chi connectivity index (χ0n) is 4.76. The minimum Gasteiger partial charge on any atom is -1.00 e. The first-order valence-corrected chi connectivity index (χ1v) is 0. The fourth-order valence-corrected chi connectivity index (χ4v) is 0. The second-order valence-electron chi connectivity index (χ2n) is 0. The summed E-state index contributed by atoms with van der Waals surface area (Å²) in [6.45, 7) is 0. The molecule has 0 heterocycles. The van der Waals surface area contributed by atoms with Crippen molar-refractivity contribution in [1.29, 1.82) is 0 Å². The summed E-state index contributed by atoms with van der Waals surface area (Å²) in [5.74, 6) is 0. The van der Waals surface area contributed by atoms with Crippen LogP contribution in [0.25, 0.3) is 0 Å². The van der Waals surface area contributed by atoms with Gasteiger partial charge in [-0.25, -0.2) is 0 Å². The molecule has 9 heavy (non-hydrogen) atoms. The van der Waals surface area contributed by atoms with Crippen molar-refractivity contribution in [2.24, 2.45) is 0 Å². The molecular formula is H12ClKMnO6+2. The van der Waals surface area contributed by atoms with Crippen LogP contribution < -0.4 is 63.8 Å². The van der Waals surface area contributed by atoms with E-state index in [1.54, 1.807) is 0 Å². The molecule has 0 unspecified atom stereocenters. The van der Waals surface area contributed by atoms with Gasteiger partial charge in [-0.05, 0) is 0 Å². The molecule has 0 rings (SSSR count). The normalized spacial score (nSPS) is 0. The standard InChI is InChI=1S/ClH.K.Mn.6H2O/h1H;;;6*1H2/q;+1;+2;;;;;;/p-1. The summed E-state index contributed by atoms with van der Waals surface area (Å²) in [7, 11) is 0. The summed E-state index contributed by atoms with van der Waals surface area (Å²) >= 11 is 0. The molecule has 0 aliphatic rings. The first-order chi connectivity index (χ1) is 0. The Balaban J connectivity index is 0. The largest absolute Gasteiger partial charge is 2.00 e. The van der Waals surface area contributed by atoms with E-state index in [9.17, 15) is 0 Å². The number of halogens is 1. The molecule has 61 valence electrons. The molecule has 0 atom stereocenters. The van der Waals surface area contributed by atoms with Crippen LogP contribution in [0.4, 0.5) is 0 Å². The predicted molar refractivity (Wildman–Crippen MR) is 21.7 cm³/mol. The Morgan fingerprint density at radius 2 is 0.444 bits per heavy atom. The zero-order chi connectivity index (χ0) is 0. The SMILES string of the molecule is O.O.O.O.O.O.[Cl-].[K+].[Mn+2]. The molecule has 0 fully saturated rings. The van der Waals surface area contributed by atoms with E-state index in [0.717, 1.165) is 0 Å². The van der Waals surface area contributed by atoms with Crippen molar-refractivity contribution in [1.82, 2.24) is 0 Å².